The van der Waals surface area contributed by atoms with E-state index < -0.39 is 17.6 Å². The fourth-order valence-electron chi connectivity index (χ4n) is 7.16. The Balaban J connectivity index is 0.991. The van der Waals surface area contributed by atoms with E-state index in [1.165, 1.54) is 11.0 Å². The van der Waals surface area contributed by atoms with Crippen molar-refractivity contribution in [3.8, 4) is 11.5 Å². The average molecular weight is 756 g/mol. The van der Waals surface area contributed by atoms with Gasteiger partial charge in [-0.15, -0.1) is 0 Å². The predicted molar refractivity (Wildman–Crippen MR) is 200 cm³/mol. The quantitative estimate of drug-likeness (QED) is 0.180. The Labute approximate surface area is 314 Å². The van der Waals surface area contributed by atoms with Crippen molar-refractivity contribution in [1.29, 1.82) is 0 Å². The fraction of sp³-hybridized carbons (Fsp3) is 0.256. The number of para-hydroxylation sites is 1. The standard InChI is InChI=1S/C39H33Cl2FN6O5/c1-22-15-27(35(44-18-22)47-20-39(21-47)10-13-52-14-11-39)36(49)45-26-7-5-23(6-8-26)38(51)48-12-9-24-16-31(37(50)46-32-28(40)3-2-4-29(32)41)53-34(24)33-30(48)17-25(42)19-43-33/h2-8,15-19H,9-14,20-21H2,1H3,(H,45,49)(H,46,50). The van der Waals surface area contributed by atoms with Crippen LogP contribution in [-0.4, -0.2) is 60.5 Å². The summed E-state index contributed by atoms with van der Waals surface area (Å²) >= 11 is 12.5. The summed E-state index contributed by atoms with van der Waals surface area (Å²) in [5, 5.41) is 6.15. The molecule has 3 aromatic heterocycles. The number of anilines is 4. The molecule has 2 fully saturated rings. The van der Waals surface area contributed by atoms with Crippen molar-refractivity contribution in [3.05, 3.63) is 117 Å². The number of aryl methyl sites for hydroxylation is 1. The van der Waals surface area contributed by atoms with Crippen molar-refractivity contribution in [3.63, 3.8) is 0 Å². The number of halogens is 3. The Bertz CT molecular complexity index is 2240. The first-order chi connectivity index (χ1) is 25.6. The van der Waals surface area contributed by atoms with E-state index in [1.807, 2.05) is 13.0 Å². The van der Waals surface area contributed by atoms with E-state index in [2.05, 4.69) is 25.5 Å². The van der Waals surface area contributed by atoms with Crippen molar-refractivity contribution in [1.82, 2.24) is 9.97 Å². The van der Waals surface area contributed by atoms with Crippen molar-refractivity contribution in [2.24, 2.45) is 5.41 Å². The predicted octanol–water partition coefficient (Wildman–Crippen LogP) is 7.82. The number of furan rings is 1. The van der Waals surface area contributed by atoms with Crippen LogP contribution in [0.2, 0.25) is 10.0 Å². The molecule has 2 N–H and O–H groups in total. The summed E-state index contributed by atoms with van der Waals surface area (Å²) in [5.74, 6) is -1.07. The topological polar surface area (TPSA) is 130 Å². The van der Waals surface area contributed by atoms with Gasteiger partial charge in [0, 0.05) is 67.3 Å². The van der Waals surface area contributed by atoms with Gasteiger partial charge in [-0.25, -0.2) is 14.4 Å². The normalized spacial score (nSPS) is 15.9. The number of carbonyl (C=O) groups excluding carboxylic acids is 3. The third-order valence-electron chi connectivity index (χ3n) is 9.97. The third kappa shape index (κ3) is 6.74. The van der Waals surface area contributed by atoms with Crippen LogP contribution >= 0.6 is 23.2 Å². The number of hydrogen-bond acceptors (Lipinski definition) is 8. The van der Waals surface area contributed by atoms with Gasteiger partial charge in [0.1, 0.15) is 17.3 Å². The zero-order valence-corrected chi connectivity index (χ0v) is 30.1. The molecule has 0 bridgehead atoms. The highest BCUT2D eigenvalue weighted by Crippen LogP contribution is 2.43. The van der Waals surface area contributed by atoms with Crippen molar-refractivity contribution < 1.29 is 27.9 Å². The maximum Gasteiger partial charge on any atom is 0.291 e. The van der Waals surface area contributed by atoms with Crippen LogP contribution in [0.3, 0.4) is 0 Å². The number of aromatic nitrogens is 2. The van der Waals surface area contributed by atoms with Crippen LogP contribution in [-0.2, 0) is 11.2 Å². The number of hydrogen-bond donors (Lipinski definition) is 2. The van der Waals surface area contributed by atoms with E-state index in [9.17, 15) is 18.8 Å². The molecule has 3 aliphatic heterocycles. The van der Waals surface area contributed by atoms with Gasteiger partial charge < -0.3 is 29.6 Å². The minimum atomic E-state index is -0.646. The summed E-state index contributed by atoms with van der Waals surface area (Å²) in [7, 11) is 0. The SMILES string of the molecule is Cc1cnc(N2CC3(CCOCC3)C2)c(C(=O)Nc2ccc(C(=O)N3CCc4cc(C(=O)Nc5c(Cl)cccc5Cl)oc4-c4ncc(F)cc43)cc2)c1. The van der Waals surface area contributed by atoms with Gasteiger partial charge in [-0.3, -0.25) is 14.4 Å². The van der Waals surface area contributed by atoms with Gasteiger partial charge >= 0.3 is 0 Å². The smallest absolute Gasteiger partial charge is 0.291 e. The summed E-state index contributed by atoms with van der Waals surface area (Å²) in [5.41, 5.74) is 3.61. The highest BCUT2D eigenvalue weighted by Gasteiger charge is 2.45. The van der Waals surface area contributed by atoms with E-state index in [1.54, 1.807) is 54.7 Å². The van der Waals surface area contributed by atoms with Crippen molar-refractivity contribution >= 4 is 63.8 Å². The largest absolute Gasteiger partial charge is 0.449 e. The van der Waals surface area contributed by atoms with E-state index in [-0.39, 0.29) is 62.9 Å². The number of benzene rings is 2. The summed E-state index contributed by atoms with van der Waals surface area (Å²) in [6, 6.07) is 16.0. The average Bonchev–Trinajstić information content (AvgIpc) is 3.51. The number of rotatable bonds is 6. The molecular formula is C39H33Cl2FN6O5. The van der Waals surface area contributed by atoms with Gasteiger partial charge in [-0.2, -0.15) is 0 Å². The molecule has 2 saturated heterocycles. The van der Waals surface area contributed by atoms with Crippen LogP contribution in [0.15, 0.2) is 77.5 Å². The number of fused-ring (bicyclic) bond motifs is 3. The number of pyridine rings is 2. The lowest BCUT2D eigenvalue weighted by atomic mass is 9.73. The lowest BCUT2D eigenvalue weighted by Crippen LogP contribution is -2.59. The molecule has 0 aliphatic carbocycles. The first-order valence-corrected chi connectivity index (χ1v) is 17.9. The van der Waals surface area contributed by atoms with Gasteiger partial charge in [0.25, 0.3) is 17.7 Å². The lowest BCUT2D eigenvalue weighted by Gasteiger charge is -2.53. The maximum atomic E-state index is 14.7. The van der Waals surface area contributed by atoms with E-state index in [0.29, 0.717) is 28.2 Å². The van der Waals surface area contributed by atoms with Crippen LogP contribution in [0.4, 0.5) is 27.3 Å². The molecule has 0 radical (unpaired) electrons. The van der Waals surface area contributed by atoms with Gasteiger partial charge in [-0.05, 0) is 80.3 Å². The second-order valence-corrected chi connectivity index (χ2v) is 14.4. The minimum absolute atomic E-state index is 0.0258. The maximum absolute atomic E-state index is 14.7. The number of carbonyl (C=O) groups is 3. The molecule has 3 aliphatic rings. The number of amides is 3. The lowest BCUT2D eigenvalue weighted by molar-refractivity contribution is -0.000511. The fourth-order valence-corrected chi connectivity index (χ4v) is 7.65. The molecule has 53 heavy (non-hydrogen) atoms. The zero-order valence-electron chi connectivity index (χ0n) is 28.5. The number of nitrogens with zero attached hydrogens (tertiary/aromatic N) is 4. The Hall–Kier alpha value is -5.30. The van der Waals surface area contributed by atoms with E-state index >= 15 is 0 Å². The molecule has 6 heterocycles. The van der Waals surface area contributed by atoms with Crippen LogP contribution in [0.25, 0.3) is 11.5 Å². The molecule has 8 rings (SSSR count). The van der Waals surface area contributed by atoms with E-state index in [4.69, 9.17) is 32.4 Å². The van der Waals surface area contributed by atoms with Crippen molar-refractivity contribution in [2.75, 3.05) is 53.3 Å². The highest BCUT2D eigenvalue weighted by atomic mass is 35.5. The van der Waals surface area contributed by atoms with Gasteiger partial charge in [0.05, 0.1) is 33.2 Å². The zero-order chi connectivity index (χ0) is 36.9. The molecule has 14 heteroatoms. The van der Waals surface area contributed by atoms with E-state index in [0.717, 1.165) is 50.9 Å². The van der Waals surface area contributed by atoms with Crippen LogP contribution in [0, 0.1) is 18.2 Å². The summed E-state index contributed by atoms with van der Waals surface area (Å²) < 4.78 is 26.2. The first-order valence-electron chi connectivity index (χ1n) is 17.1. The van der Waals surface area contributed by atoms with Gasteiger partial charge in [0.2, 0.25) is 0 Å². The molecule has 0 unspecified atom stereocenters. The number of ether oxygens (including phenoxy) is 1. The first kappa shape index (κ1) is 34.8. The molecule has 11 nitrogen and oxygen atoms in total. The Morgan fingerprint density at radius 1 is 0.906 bits per heavy atom. The molecule has 1 spiro atoms. The monoisotopic (exact) mass is 754 g/mol. The molecule has 3 amide bonds. The van der Waals surface area contributed by atoms with Gasteiger partial charge in [-0.1, -0.05) is 29.3 Å². The molecule has 0 saturated carbocycles. The summed E-state index contributed by atoms with van der Waals surface area (Å²) in [4.78, 5) is 53.2. The molecule has 2 aromatic carbocycles. The summed E-state index contributed by atoms with van der Waals surface area (Å²) in [6.07, 6.45) is 5.09. The Kier molecular flexibility index (Phi) is 9.13. The third-order valence-corrected chi connectivity index (χ3v) is 10.6. The molecule has 270 valence electrons. The van der Waals surface area contributed by atoms with Gasteiger partial charge in [0.15, 0.2) is 11.5 Å². The van der Waals surface area contributed by atoms with Crippen LogP contribution in [0.1, 0.15) is 55.2 Å². The molecular weight excluding hydrogens is 722 g/mol. The second-order valence-electron chi connectivity index (χ2n) is 13.6. The second kappa shape index (κ2) is 13.9. The Morgan fingerprint density at radius 2 is 1.64 bits per heavy atom. The minimum Gasteiger partial charge on any atom is -0.449 e. The number of nitrogens with one attached hydrogen (secondary N) is 2. The molecule has 0 atom stereocenters. The molecule has 5 aromatic rings. The van der Waals surface area contributed by atoms with Crippen LogP contribution in [0.5, 0.6) is 0 Å². The summed E-state index contributed by atoms with van der Waals surface area (Å²) in [6.45, 7) is 5.22. The van der Waals surface area contributed by atoms with Crippen LogP contribution < -0.4 is 20.4 Å². The Morgan fingerprint density at radius 3 is 2.38 bits per heavy atom. The highest BCUT2D eigenvalue weighted by molar-refractivity contribution is 6.40. The van der Waals surface area contributed by atoms with Crippen molar-refractivity contribution in [2.45, 2.75) is 26.2 Å².